The van der Waals surface area contributed by atoms with E-state index in [0.29, 0.717) is 17.8 Å². The average molecular weight is 263 g/mol. The zero-order valence-electron chi connectivity index (χ0n) is 10.3. The van der Waals surface area contributed by atoms with Crippen LogP contribution in [-0.2, 0) is 6.54 Å². The number of Topliss-reactive ketones (excluding diaryl/α,β-unsaturated/α-hetero) is 1. The summed E-state index contributed by atoms with van der Waals surface area (Å²) < 4.78 is 13.9. The minimum Gasteiger partial charge on any atom is -0.368 e. The van der Waals surface area contributed by atoms with E-state index < -0.39 is 0 Å². The molecule has 0 aliphatic carbocycles. The molecule has 2 rings (SSSR count). The van der Waals surface area contributed by atoms with Gasteiger partial charge in [0.1, 0.15) is 5.82 Å². The van der Waals surface area contributed by atoms with E-state index in [2.05, 4.69) is 0 Å². The molecule has 0 radical (unpaired) electrons. The smallest absolute Gasteiger partial charge is 0.159 e. The third kappa shape index (κ3) is 2.76. The fourth-order valence-corrected chi connectivity index (χ4v) is 2.44. The molecule has 1 aromatic carbocycles. The first kappa shape index (κ1) is 12.8. The number of carbonyl (C=O) groups is 1. The van der Waals surface area contributed by atoms with Crippen molar-refractivity contribution in [3.05, 3.63) is 52.0 Å². The van der Waals surface area contributed by atoms with Crippen LogP contribution in [-0.4, -0.2) is 12.8 Å². The molecule has 0 fully saturated rings. The van der Waals surface area contributed by atoms with Gasteiger partial charge in [-0.15, -0.1) is 0 Å². The number of hydrogen-bond donors (Lipinski definition) is 0. The zero-order chi connectivity index (χ0) is 13.1. The third-order valence-corrected chi connectivity index (χ3v) is 3.50. The second-order valence-electron chi connectivity index (χ2n) is 4.21. The van der Waals surface area contributed by atoms with Crippen molar-refractivity contribution in [2.24, 2.45) is 0 Å². The van der Waals surface area contributed by atoms with Crippen molar-refractivity contribution >= 4 is 22.8 Å². The van der Waals surface area contributed by atoms with Crippen LogP contribution in [0.4, 0.5) is 10.1 Å². The Morgan fingerprint density at radius 1 is 1.39 bits per heavy atom. The van der Waals surface area contributed by atoms with Crippen molar-refractivity contribution in [1.82, 2.24) is 0 Å². The van der Waals surface area contributed by atoms with Gasteiger partial charge in [0.15, 0.2) is 5.78 Å². The lowest BCUT2D eigenvalue weighted by Gasteiger charge is -2.19. The fourth-order valence-electron chi connectivity index (χ4n) is 1.78. The highest BCUT2D eigenvalue weighted by molar-refractivity contribution is 7.07. The minimum absolute atomic E-state index is 0.124. The van der Waals surface area contributed by atoms with Crippen LogP contribution in [0.15, 0.2) is 35.0 Å². The molecule has 0 N–H and O–H groups in total. The molecule has 0 spiro atoms. The van der Waals surface area contributed by atoms with E-state index in [1.807, 2.05) is 28.8 Å². The molecule has 2 aromatic rings. The number of ketones is 1. The lowest BCUT2D eigenvalue weighted by molar-refractivity contribution is 0.101. The number of halogens is 1. The summed E-state index contributed by atoms with van der Waals surface area (Å²) in [6, 6.07) is 6.62. The Hall–Kier alpha value is -1.68. The van der Waals surface area contributed by atoms with Crippen LogP contribution in [0.5, 0.6) is 0 Å². The summed E-state index contributed by atoms with van der Waals surface area (Å²) in [6.45, 7) is 2.09. The van der Waals surface area contributed by atoms with Gasteiger partial charge in [-0.2, -0.15) is 11.3 Å². The number of rotatable bonds is 4. The Morgan fingerprint density at radius 3 is 2.72 bits per heavy atom. The standard InChI is InChI=1S/C14H14FNOS/c1-10(17)12-3-4-14(13(15)7-12)16(2)8-11-5-6-18-9-11/h3-7,9H,8H2,1-2H3. The van der Waals surface area contributed by atoms with Gasteiger partial charge in [0, 0.05) is 19.2 Å². The highest BCUT2D eigenvalue weighted by atomic mass is 32.1. The summed E-state index contributed by atoms with van der Waals surface area (Å²) in [5.41, 5.74) is 2.06. The first-order chi connectivity index (χ1) is 8.58. The highest BCUT2D eigenvalue weighted by Crippen LogP contribution is 2.22. The molecule has 0 atom stereocenters. The van der Waals surface area contributed by atoms with E-state index in [1.165, 1.54) is 13.0 Å². The van der Waals surface area contributed by atoms with Gasteiger partial charge in [0.2, 0.25) is 0 Å². The van der Waals surface area contributed by atoms with Gasteiger partial charge in [-0.1, -0.05) is 0 Å². The molecule has 0 aliphatic heterocycles. The number of benzene rings is 1. The maximum absolute atomic E-state index is 13.9. The molecule has 0 amide bonds. The largest absolute Gasteiger partial charge is 0.368 e. The Labute approximate surface area is 110 Å². The van der Waals surface area contributed by atoms with Gasteiger partial charge < -0.3 is 4.90 Å². The summed E-state index contributed by atoms with van der Waals surface area (Å²) in [5.74, 6) is -0.485. The van der Waals surface area contributed by atoms with Crippen molar-refractivity contribution < 1.29 is 9.18 Å². The van der Waals surface area contributed by atoms with Gasteiger partial charge in [-0.25, -0.2) is 4.39 Å². The van der Waals surface area contributed by atoms with Crippen LogP contribution in [0.1, 0.15) is 22.8 Å². The van der Waals surface area contributed by atoms with E-state index >= 15 is 0 Å². The lowest BCUT2D eigenvalue weighted by atomic mass is 10.1. The van der Waals surface area contributed by atoms with E-state index in [0.717, 1.165) is 5.56 Å². The van der Waals surface area contributed by atoms with E-state index in [9.17, 15) is 9.18 Å². The Kier molecular flexibility index (Phi) is 3.77. The van der Waals surface area contributed by atoms with Gasteiger partial charge in [0.25, 0.3) is 0 Å². The molecule has 1 heterocycles. The lowest BCUT2D eigenvalue weighted by Crippen LogP contribution is -2.17. The van der Waals surface area contributed by atoms with Crippen LogP contribution >= 0.6 is 11.3 Å². The summed E-state index contributed by atoms with van der Waals surface area (Å²) >= 11 is 1.62. The highest BCUT2D eigenvalue weighted by Gasteiger charge is 2.10. The van der Waals surface area contributed by atoms with Gasteiger partial charge in [-0.05, 0) is 47.5 Å². The molecule has 4 heteroatoms. The molecule has 2 nitrogen and oxygen atoms in total. The Bertz CT molecular complexity index is 551. The summed E-state index contributed by atoms with van der Waals surface area (Å²) in [7, 11) is 1.84. The topological polar surface area (TPSA) is 20.3 Å². The number of hydrogen-bond acceptors (Lipinski definition) is 3. The second kappa shape index (κ2) is 5.31. The summed E-state index contributed by atoms with van der Waals surface area (Å²) in [4.78, 5) is 13.0. The Balaban J connectivity index is 2.20. The SMILES string of the molecule is CC(=O)c1ccc(N(C)Cc2ccsc2)c(F)c1. The number of thiophene rings is 1. The van der Waals surface area contributed by atoms with Gasteiger partial charge in [0.05, 0.1) is 5.69 Å². The third-order valence-electron chi connectivity index (χ3n) is 2.77. The molecule has 0 saturated heterocycles. The maximum Gasteiger partial charge on any atom is 0.159 e. The normalized spacial score (nSPS) is 10.4. The van der Waals surface area contributed by atoms with Gasteiger partial charge in [-0.3, -0.25) is 4.79 Å². The van der Waals surface area contributed by atoms with Crippen LogP contribution in [0, 0.1) is 5.82 Å². The fraction of sp³-hybridized carbons (Fsp3) is 0.214. The molecule has 94 valence electrons. The number of carbonyl (C=O) groups excluding carboxylic acids is 1. The van der Waals surface area contributed by atoms with Gasteiger partial charge >= 0.3 is 0 Å². The molecule has 18 heavy (non-hydrogen) atoms. The molecule has 0 saturated carbocycles. The predicted molar refractivity (Wildman–Crippen MR) is 72.8 cm³/mol. The molecule has 0 aliphatic rings. The first-order valence-corrected chi connectivity index (χ1v) is 6.55. The Morgan fingerprint density at radius 2 is 2.17 bits per heavy atom. The van der Waals surface area contributed by atoms with E-state index in [-0.39, 0.29) is 11.6 Å². The predicted octanol–water partition coefficient (Wildman–Crippen LogP) is 3.73. The summed E-state index contributed by atoms with van der Waals surface area (Å²) in [6.07, 6.45) is 0. The van der Waals surface area contributed by atoms with Crippen molar-refractivity contribution in [3.63, 3.8) is 0 Å². The van der Waals surface area contributed by atoms with Crippen LogP contribution < -0.4 is 4.90 Å². The van der Waals surface area contributed by atoms with Crippen molar-refractivity contribution in [1.29, 1.82) is 0 Å². The van der Waals surface area contributed by atoms with E-state index in [1.54, 1.807) is 23.5 Å². The molecular weight excluding hydrogens is 249 g/mol. The molecule has 1 aromatic heterocycles. The molecule has 0 unspecified atom stereocenters. The van der Waals surface area contributed by atoms with E-state index in [4.69, 9.17) is 0 Å². The maximum atomic E-state index is 13.9. The molecular formula is C14H14FNOS. The summed E-state index contributed by atoms with van der Waals surface area (Å²) in [5, 5.41) is 4.04. The second-order valence-corrected chi connectivity index (χ2v) is 4.99. The van der Waals surface area contributed by atoms with Crippen LogP contribution in [0.3, 0.4) is 0 Å². The number of nitrogens with zero attached hydrogens (tertiary/aromatic N) is 1. The number of anilines is 1. The monoisotopic (exact) mass is 263 g/mol. The minimum atomic E-state index is -0.361. The van der Waals surface area contributed by atoms with Crippen molar-refractivity contribution in [2.75, 3.05) is 11.9 Å². The first-order valence-electron chi connectivity index (χ1n) is 5.60. The molecule has 0 bridgehead atoms. The average Bonchev–Trinajstić information content (AvgIpc) is 2.81. The zero-order valence-corrected chi connectivity index (χ0v) is 11.1. The quantitative estimate of drug-likeness (QED) is 0.783. The van der Waals surface area contributed by atoms with Crippen LogP contribution in [0.25, 0.3) is 0 Å². The van der Waals surface area contributed by atoms with Crippen LogP contribution in [0.2, 0.25) is 0 Å². The van der Waals surface area contributed by atoms with Crippen molar-refractivity contribution in [2.45, 2.75) is 13.5 Å². The van der Waals surface area contributed by atoms with Crippen molar-refractivity contribution in [3.8, 4) is 0 Å².